The molecule has 0 spiro atoms. The molecule has 1 saturated heterocycles. The minimum Gasteiger partial charge on any atom is -0.476 e. The van der Waals surface area contributed by atoms with E-state index in [4.69, 9.17) is 29.0 Å². The summed E-state index contributed by atoms with van der Waals surface area (Å²) in [6.07, 6.45) is -2.70. The molecular formula is C26H34N7O8P. The second-order valence-electron chi connectivity index (χ2n) is 10.0. The number of aromatic nitrogens is 4. The van der Waals surface area contributed by atoms with Gasteiger partial charge in [0.15, 0.2) is 17.4 Å². The predicted octanol–water partition coefficient (Wildman–Crippen LogP) is 2.73. The van der Waals surface area contributed by atoms with Crippen LogP contribution in [0.4, 0.5) is 5.95 Å². The lowest BCUT2D eigenvalue weighted by Gasteiger charge is -2.26. The molecule has 0 saturated carbocycles. The van der Waals surface area contributed by atoms with Gasteiger partial charge in [-0.3, -0.25) is 13.9 Å². The lowest BCUT2D eigenvalue weighted by atomic mass is 9.84. The van der Waals surface area contributed by atoms with Gasteiger partial charge in [0.2, 0.25) is 11.8 Å². The lowest BCUT2D eigenvalue weighted by molar-refractivity contribution is -0.149. The van der Waals surface area contributed by atoms with Gasteiger partial charge in [0.05, 0.1) is 31.7 Å². The number of rotatable bonds is 12. The maximum Gasteiger partial charge on any atom is 0.459 e. The van der Waals surface area contributed by atoms with Gasteiger partial charge in [0, 0.05) is 0 Å². The Balaban J connectivity index is 1.60. The lowest BCUT2D eigenvalue weighted by Crippen LogP contribution is -2.39. The minimum atomic E-state index is -4.26. The molecule has 42 heavy (non-hydrogen) atoms. The van der Waals surface area contributed by atoms with Crippen LogP contribution in [0.2, 0.25) is 0 Å². The third-order valence-electron chi connectivity index (χ3n) is 6.40. The Morgan fingerprint density at radius 1 is 1.31 bits per heavy atom. The first-order valence-electron chi connectivity index (χ1n) is 13.3. The van der Waals surface area contributed by atoms with Gasteiger partial charge < -0.3 is 29.6 Å². The fourth-order valence-electron chi connectivity index (χ4n) is 4.34. The van der Waals surface area contributed by atoms with E-state index in [2.05, 4.69) is 26.1 Å². The highest BCUT2D eigenvalue weighted by atomic mass is 31.2. The third kappa shape index (κ3) is 6.48. The van der Waals surface area contributed by atoms with Gasteiger partial charge in [-0.1, -0.05) is 18.2 Å². The second kappa shape index (κ2) is 12.6. The summed E-state index contributed by atoms with van der Waals surface area (Å²) in [7, 11) is -4.26. The molecule has 1 aliphatic rings. The number of fused-ring (bicyclic) bond motifs is 1. The molecule has 6 atom stereocenters. The number of imidazole rings is 1. The van der Waals surface area contributed by atoms with Crippen LogP contribution < -0.4 is 20.1 Å². The van der Waals surface area contributed by atoms with Crippen molar-refractivity contribution in [3.05, 3.63) is 36.7 Å². The van der Waals surface area contributed by atoms with E-state index in [-0.39, 0.29) is 28.7 Å². The predicted molar refractivity (Wildman–Crippen MR) is 149 cm³/mol. The first kappa shape index (κ1) is 31.1. The number of para-hydroxylation sites is 1. The highest BCUT2D eigenvalue weighted by molar-refractivity contribution is 7.52. The SMILES string of the molecule is CCOc1nc(N)nc2c1ncn2C1OC(COP(=O)(NC(C)C(=O)OC(C)C)Oc2ccccc2)C(O)C1(C)C#N. The number of aliphatic hydroxyl groups is 1. The van der Waals surface area contributed by atoms with Crippen molar-refractivity contribution in [1.29, 1.82) is 5.26 Å². The number of benzene rings is 1. The summed E-state index contributed by atoms with van der Waals surface area (Å²) in [6.45, 7) is 7.93. The number of nitrogens with one attached hydrogen (secondary N) is 1. The fourth-order valence-corrected chi connectivity index (χ4v) is 5.84. The Bertz CT molecular complexity index is 1500. The average Bonchev–Trinajstić information content (AvgIpc) is 3.46. The van der Waals surface area contributed by atoms with Gasteiger partial charge in [0.25, 0.3) is 0 Å². The number of carbonyl (C=O) groups excluding carboxylic acids is 1. The monoisotopic (exact) mass is 603 g/mol. The molecule has 0 aliphatic carbocycles. The van der Waals surface area contributed by atoms with Crippen LogP contribution in [0.5, 0.6) is 11.6 Å². The van der Waals surface area contributed by atoms with Gasteiger partial charge in [0.1, 0.15) is 29.4 Å². The van der Waals surface area contributed by atoms with Crippen molar-refractivity contribution in [3.8, 4) is 17.7 Å². The Morgan fingerprint density at radius 3 is 2.67 bits per heavy atom. The number of hydrogen-bond donors (Lipinski definition) is 3. The number of nitrogens with zero attached hydrogens (tertiary/aromatic N) is 5. The molecule has 3 aromatic rings. The van der Waals surface area contributed by atoms with Crippen LogP contribution in [0.3, 0.4) is 0 Å². The number of ether oxygens (including phenoxy) is 3. The molecule has 6 unspecified atom stereocenters. The van der Waals surface area contributed by atoms with E-state index >= 15 is 0 Å². The quantitative estimate of drug-likeness (QED) is 0.201. The number of nitriles is 1. The first-order chi connectivity index (χ1) is 19.9. The number of carbonyl (C=O) groups is 1. The van der Waals surface area contributed by atoms with Crippen molar-refractivity contribution >= 4 is 30.8 Å². The van der Waals surface area contributed by atoms with E-state index in [0.29, 0.717) is 6.61 Å². The van der Waals surface area contributed by atoms with Crippen LogP contribution in [-0.2, 0) is 23.4 Å². The number of anilines is 1. The Labute approximate surface area is 242 Å². The van der Waals surface area contributed by atoms with Crippen LogP contribution in [0.15, 0.2) is 36.7 Å². The zero-order chi connectivity index (χ0) is 30.7. The van der Waals surface area contributed by atoms with Crippen molar-refractivity contribution < 1.29 is 37.7 Å². The van der Waals surface area contributed by atoms with Crippen molar-refractivity contribution in [3.63, 3.8) is 0 Å². The van der Waals surface area contributed by atoms with Crippen molar-refractivity contribution in [2.24, 2.45) is 5.41 Å². The summed E-state index contributed by atoms with van der Waals surface area (Å²) in [5, 5.41) is 23.9. The molecule has 0 amide bonds. The van der Waals surface area contributed by atoms with E-state index in [1.54, 1.807) is 51.1 Å². The highest BCUT2D eigenvalue weighted by Crippen LogP contribution is 2.49. The van der Waals surface area contributed by atoms with Crippen LogP contribution in [0.1, 0.15) is 40.8 Å². The topological polar surface area (TPSA) is 206 Å². The number of nitrogens with two attached hydrogens (primary N) is 1. The van der Waals surface area contributed by atoms with Gasteiger partial charge in [-0.05, 0) is 46.8 Å². The standard InChI is InChI=1S/C26H34N7O8P/c1-6-37-22-19-21(30-25(28)31-22)33(14-29-19)24-26(5,13-27)20(34)18(40-24)12-38-42(36,41-17-10-8-7-9-11-17)32-16(4)23(35)39-15(2)3/h7-11,14-16,18,20,24,34H,6,12H2,1-5H3,(H,32,36)(H2,28,30,31). The van der Waals surface area contributed by atoms with E-state index in [1.807, 2.05) is 0 Å². The molecule has 226 valence electrons. The summed E-state index contributed by atoms with van der Waals surface area (Å²) in [6, 6.07) is 9.26. The molecule has 3 heterocycles. The third-order valence-corrected chi connectivity index (χ3v) is 8.04. The van der Waals surface area contributed by atoms with E-state index in [9.17, 15) is 19.7 Å². The molecule has 1 aliphatic heterocycles. The van der Waals surface area contributed by atoms with E-state index in [1.165, 1.54) is 24.7 Å². The van der Waals surface area contributed by atoms with Crippen molar-refractivity contribution in [2.75, 3.05) is 18.9 Å². The zero-order valence-electron chi connectivity index (χ0n) is 23.8. The molecular weight excluding hydrogens is 569 g/mol. The molecule has 0 bridgehead atoms. The zero-order valence-corrected chi connectivity index (χ0v) is 24.7. The maximum atomic E-state index is 13.9. The normalized spacial score (nSPS) is 24.2. The molecule has 1 fully saturated rings. The van der Waals surface area contributed by atoms with Crippen LogP contribution in [-0.4, -0.2) is 68.2 Å². The fraction of sp³-hybridized carbons (Fsp3) is 0.500. The summed E-state index contributed by atoms with van der Waals surface area (Å²) in [5.74, 6) is -0.386. The van der Waals surface area contributed by atoms with Crippen molar-refractivity contribution in [2.45, 2.75) is 65.2 Å². The van der Waals surface area contributed by atoms with Gasteiger partial charge >= 0.3 is 13.7 Å². The molecule has 16 heteroatoms. The largest absolute Gasteiger partial charge is 0.476 e. The van der Waals surface area contributed by atoms with Crippen LogP contribution >= 0.6 is 7.75 Å². The van der Waals surface area contributed by atoms with Crippen LogP contribution in [0.25, 0.3) is 11.2 Å². The summed E-state index contributed by atoms with van der Waals surface area (Å²) in [5.41, 5.74) is 4.86. The molecule has 15 nitrogen and oxygen atoms in total. The number of aliphatic hydroxyl groups excluding tert-OH is 1. The molecule has 4 N–H and O–H groups in total. The summed E-state index contributed by atoms with van der Waals surface area (Å²) in [4.78, 5) is 25.1. The molecule has 4 rings (SSSR count). The van der Waals surface area contributed by atoms with Crippen molar-refractivity contribution in [1.82, 2.24) is 24.6 Å². The Morgan fingerprint density at radius 2 is 2.02 bits per heavy atom. The minimum absolute atomic E-state index is 0.0834. The second-order valence-corrected chi connectivity index (χ2v) is 11.7. The Kier molecular flexibility index (Phi) is 9.34. The van der Waals surface area contributed by atoms with Crippen LogP contribution in [0, 0.1) is 16.7 Å². The number of hydrogen-bond acceptors (Lipinski definition) is 13. The van der Waals surface area contributed by atoms with E-state index < -0.39 is 56.3 Å². The summed E-state index contributed by atoms with van der Waals surface area (Å²) >= 11 is 0. The average molecular weight is 604 g/mol. The number of nitrogen functional groups attached to an aromatic ring is 1. The van der Waals surface area contributed by atoms with Gasteiger partial charge in [-0.15, -0.1) is 0 Å². The summed E-state index contributed by atoms with van der Waals surface area (Å²) < 4.78 is 43.5. The number of esters is 1. The molecule has 1 aromatic carbocycles. The molecule has 0 radical (unpaired) electrons. The highest BCUT2D eigenvalue weighted by Gasteiger charge is 2.56. The maximum absolute atomic E-state index is 13.9. The van der Waals surface area contributed by atoms with E-state index in [0.717, 1.165) is 0 Å². The first-order valence-corrected chi connectivity index (χ1v) is 14.8. The smallest absolute Gasteiger partial charge is 0.459 e. The van der Waals surface area contributed by atoms with Gasteiger partial charge in [-0.2, -0.15) is 20.3 Å². The Hall–Kier alpha value is -3.80. The van der Waals surface area contributed by atoms with Gasteiger partial charge in [-0.25, -0.2) is 9.55 Å². The molecule has 2 aromatic heterocycles.